The Labute approximate surface area is 112 Å². The van der Waals surface area contributed by atoms with Crippen LogP contribution >= 0.6 is 0 Å². The van der Waals surface area contributed by atoms with Crippen LogP contribution in [0.15, 0.2) is 24.3 Å². The number of halogens is 1. The molecule has 0 aromatic heterocycles. The summed E-state index contributed by atoms with van der Waals surface area (Å²) in [7, 11) is -3.23. The molecule has 19 heavy (non-hydrogen) atoms. The molecule has 0 spiro atoms. The minimum Gasteiger partial charge on any atom is -0.324 e. The number of carbonyl (C=O) groups is 1. The third-order valence-electron chi connectivity index (χ3n) is 2.38. The van der Waals surface area contributed by atoms with Crippen LogP contribution < -0.4 is 5.32 Å². The highest BCUT2D eigenvalue weighted by Crippen LogP contribution is 2.12. The maximum absolute atomic E-state index is 13.3. The number of nitrogens with one attached hydrogen (secondary N) is 1. The minimum atomic E-state index is -3.23. The van der Waals surface area contributed by atoms with E-state index < -0.39 is 21.6 Å². The standard InChI is InChI=1S/C13H18FNO3S/c1-10(2)9-19(17,18)8-7-13(16)15-12-6-4-3-5-11(12)14/h3-6,10H,7-9H2,1-2H3,(H,15,16). The van der Waals surface area contributed by atoms with Gasteiger partial charge >= 0.3 is 0 Å². The molecule has 106 valence electrons. The quantitative estimate of drug-likeness (QED) is 0.872. The highest BCUT2D eigenvalue weighted by molar-refractivity contribution is 7.91. The third kappa shape index (κ3) is 5.83. The lowest BCUT2D eigenvalue weighted by atomic mass is 10.3. The lowest BCUT2D eigenvalue weighted by Crippen LogP contribution is -2.21. The Morgan fingerprint density at radius 1 is 1.32 bits per heavy atom. The highest BCUT2D eigenvalue weighted by atomic mass is 32.2. The molecule has 0 saturated carbocycles. The fourth-order valence-corrected chi connectivity index (χ4v) is 3.29. The average molecular weight is 287 g/mol. The summed E-state index contributed by atoms with van der Waals surface area (Å²) >= 11 is 0. The fraction of sp³-hybridized carbons (Fsp3) is 0.462. The van der Waals surface area contributed by atoms with Gasteiger partial charge in [-0.25, -0.2) is 12.8 Å². The van der Waals surface area contributed by atoms with Crippen LogP contribution in [0.4, 0.5) is 10.1 Å². The summed E-state index contributed by atoms with van der Waals surface area (Å²) in [4.78, 5) is 11.6. The van der Waals surface area contributed by atoms with Crippen LogP contribution in [0.3, 0.4) is 0 Å². The van der Waals surface area contributed by atoms with Crippen molar-refractivity contribution in [3.8, 4) is 0 Å². The van der Waals surface area contributed by atoms with E-state index in [2.05, 4.69) is 5.32 Å². The molecule has 1 aromatic carbocycles. The molecule has 0 atom stereocenters. The van der Waals surface area contributed by atoms with E-state index in [1.807, 2.05) is 0 Å². The smallest absolute Gasteiger partial charge is 0.225 e. The molecule has 0 aliphatic heterocycles. The summed E-state index contributed by atoms with van der Waals surface area (Å²) in [5, 5.41) is 2.36. The van der Waals surface area contributed by atoms with Crippen molar-refractivity contribution in [1.29, 1.82) is 0 Å². The monoisotopic (exact) mass is 287 g/mol. The predicted octanol–water partition coefficient (Wildman–Crippen LogP) is 2.23. The zero-order valence-corrected chi connectivity index (χ0v) is 11.8. The van der Waals surface area contributed by atoms with Crippen molar-refractivity contribution in [3.05, 3.63) is 30.1 Å². The first-order valence-electron chi connectivity index (χ1n) is 6.05. The van der Waals surface area contributed by atoms with E-state index in [9.17, 15) is 17.6 Å². The Hall–Kier alpha value is -1.43. The molecule has 1 rings (SSSR count). The lowest BCUT2D eigenvalue weighted by molar-refractivity contribution is -0.115. The fourth-order valence-electron chi connectivity index (χ4n) is 1.61. The highest BCUT2D eigenvalue weighted by Gasteiger charge is 2.16. The number of hydrogen-bond acceptors (Lipinski definition) is 3. The second kappa shape index (κ2) is 6.65. The minimum absolute atomic E-state index is 0.0274. The molecule has 0 fully saturated rings. The van der Waals surface area contributed by atoms with E-state index in [1.165, 1.54) is 18.2 Å². The largest absolute Gasteiger partial charge is 0.324 e. The van der Waals surface area contributed by atoms with Gasteiger partial charge in [-0.3, -0.25) is 4.79 Å². The second-order valence-corrected chi connectivity index (χ2v) is 7.01. The Balaban J connectivity index is 2.51. The van der Waals surface area contributed by atoms with Gasteiger partial charge in [0.1, 0.15) is 5.82 Å². The van der Waals surface area contributed by atoms with Gasteiger partial charge in [0.2, 0.25) is 5.91 Å². The number of anilines is 1. The van der Waals surface area contributed by atoms with Crippen LogP contribution in [0.25, 0.3) is 0 Å². The normalized spacial score (nSPS) is 11.6. The zero-order chi connectivity index (χ0) is 14.5. The zero-order valence-electron chi connectivity index (χ0n) is 11.0. The van der Waals surface area contributed by atoms with Gasteiger partial charge in [0.15, 0.2) is 9.84 Å². The first-order valence-corrected chi connectivity index (χ1v) is 7.87. The van der Waals surface area contributed by atoms with Gasteiger partial charge in [0.05, 0.1) is 17.2 Å². The van der Waals surface area contributed by atoms with Crippen LogP contribution in [-0.2, 0) is 14.6 Å². The summed E-state index contributed by atoms with van der Waals surface area (Å²) in [6.45, 7) is 3.61. The molecular weight excluding hydrogens is 269 g/mol. The molecular formula is C13H18FNO3S. The van der Waals surface area contributed by atoms with Gasteiger partial charge in [-0.1, -0.05) is 26.0 Å². The second-order valence-electron chi connectivity index (χ2n) is 4.79. The predicted molar refractivity (Wildman–Crippen MR) is 73.1 cm³/mol. The van der Waals surface area contributed by atoms with Gasteiger partial charge in [-0.15, -0.1) is 0 Å². The van der Waals surface area contributed by atoms with Gasteiger partial charge in [-0.05, 0) is 18.1 Å². The van der Waals surface area contributed by atoms with Crippen molar-refractivity contribution in [2.75, 3.05) is 16.8 Å². The first kappa shape index (κ1) is 15.6. The number of benzene rings is 1. The summed E-state index contributed by atoms with van der Waals surface area (Å²) < 4.78 is 36.5. The third-order valence-corrected chi connectivity index (χ3v) is 4.38. The van der Waals surface area contributed by atoms with E-state index in [1.54, 1.807) is 19.9 Å². The molecule has 0 saturated heterocycles. The van der Waals surface area contributed by atoms with Gasteiger partial charge in [-0.2, -0.15) is 0 Å². The van der Waals surface area contributed by atoms with Gasteiger partial charge in [0.25, 0.3) is 0 Å². The average Bonchev–Trinajstić information content (AvgIpc) is 2.28. The molecule has 1 N–H and O–H groups in total. The van der Waals surface area contributed by atoms with Crippen LogP contribution in [0.2, 0.25) is 0 Å². The van der Waals surface area contributed by atoms with Crippen LogP contribution in [-0.4, -0.2) is 25.8 Å². The maximum atomic E-state index is 13.3. The summed E-state index contributed by atoms with van der Waals surface area (Å²) in [5.74, 6) is -1.18. The number of carbonyl (C=O) groups excluding carboxylic acids is 1. The van der Waals surface area contributed by atoms with E-state index in [0.717, 1.165) is 0 Å². The number of para-hydroxylation sites is 1. The molecule has 6 heteroatoms. The van der Waals surface area contributed by atoms with Crippen LogP contribution in [0, 0.1) is 11.7 Å². The molecule has 0 unspecified atom stereocenters. The first-order chi connectivity index (χ1) is 8.80. The van der Waals surface area contributed by atoms with E-state index >= 15 is 0 Å². The topological polar surface area (TPSA) is 63.2 Å². The summed E-state index contributed by atoms with van der Waals surface area (Å²) in [6.07, 6.45) is -0.163. The summed E-state index contributed by atoms with van der Waals surface area (Å²) in [6, 6.07) is 5.76. The van der Waals surface area contributed by atoms with Crippen molar-refractivity contribution in [1.82, 2.24) is 0 Å². The Morgan fingerprint density at radius 3 is 2.53 bits per heavy atom. The SMILES string of the molecule is CC(C)CS(=O)(=O)CCC(=O)Nc1ccccc1F. The van der Waals surface area contributed by atoms with Crippen molar-refractivity contribution < 1.29 is 17.6 Å². The van der Waals surface area contributed by atoms with Crippen LogP contribution in [0.1, 0.15) is 20.3 Å². The van der Waals surface area contributed by atoms with Gasteiger partial charge in [0, 0.05) is 6.42 Å². The molecule has 1 amide bonds. The molecule has 0 aliphatic rings. The number of amides is 1. The number of hydrogen-bond donors (Lipinski definition) is 1. The molecule has 0 heterocycles. The summed E-state index contributed by atoms with van der Waals surface area (Å²) in [5.41, 5.74) is 0.0637. The molecule has 0 radical (unpaired) electrons. The van der Waals surface area contributed by atoms with E-state index in [4.69, 9.17) is 0 Å². The van der Waals surface area contributed by atoms with Crippen molar-refractivity contribution in [3.63, 3.8) is 0 Å². The molecule has 0 aliphatic carbocycles. The van der Waals surface area contributed by atoms with E-state index in [-0.39, 0.29) is 29.5 Å². The Kier molecular flexibility index (Phi) is 5.47. The molecule has 0 bridgehead atoms. The maximum Gasteiger partial charge on any atom is 0.225 e. The van der Waals surface area contributed by atoms with Gasteiger partial charge < -0.3 is 5.32 Å². The Bertz CT molecular complexity index is 541. The van der Waals surface area contributed by atoms with Crippen molar-refractivity contribution in [2.45, 2.75) is 20.3 Å². The lowest BCUT2D eigenvalue weighted by Gasteiger charge is -2.08. The van der Waals surface area contributed by atoms with Crippen LogP contribution in [0.5, 0.6) is 0 Å². The van der Waals surface area contributed by atoms with Crippen molar-refractivity contribution in [2.24, 2.45) is 5.92 Å². The Morgan fingerprint density at radius 2 is 1.95 bits per heavy atom. The number of rotatable bonds is 6. The van der Waals surface area contributed by atoms with E-state index in [0.29, 0.717) is 0 Å². The number of sulfone groups is 1. The van der Waals surface area contributed by atoms with Crippen molar-refractivity contribution >= 4 is 21.4 Å². The molecule has 1 aromatic rings. The molecule has 4 nitrogen and oxygen atoms in total.